The molecule has 2 aromatic carbocycles. The zero-order valence-electron chi connectivity index (χ0n) is 13.5. The topological polar surface area (TPSA) is 45.4 Å². The zero-order chi connectivity index (χ0) is 16.9. The Morgan fingerprint density at radius 3 is 2.38 bits per heavy atom. The van der Waals surface area contributed by atoms with Crippen molar-refractivity contribution in [2.24, 2.45) is 11.1 Å². The van der Waals surface area contributed by atoms with Gasteiger partial charge in [0, 0.05) is 12.3 Å². The van der Waals surface area contributed by atoms with Crippen molar-refractivity contribution >= 4 is 12.9 Å². The van der Waals surface area contributed by atoms with Crippen LogP contribution in [0.25, 0.3) is 11.1 Å². The van der Waals surface area contributed by atoms with Gasteiger partial charge in [0.2, 0.25) is 0 Å². The minimum atomic E-state index is -0.197. The van der Waals surface area contributed by atoms with Gasteiger partial charge in [0.15, 0.2) is 5.75 Å². The molecule has 1 aliphatic carbocycles. The Kier molecular flexibility index (Phi) is 5.04. The lowest BCUT2D eigenvalue weighted by molar-refractivity contribution is 0.345. The van der Waals surface area contributed by atoms with Gasteiger partial charge in [-0.25, -0.2) is 4.39 Å². The monoisotopic (exact) mass is 324 g/mol. The van der Waals surface area contributed by atoms with Gasteiger partial charge in [-0.2, -0.15) is 0 Å². The number of oxime groups is 1. The van der Waals surface area contributed by atoms with Gasteiger partial charge in [0.05, 0.1) is 0 Å². The number of nitrogens with one attached hydrogen (secondary N) is 1. The Morgan fingerprint density at radius 2 is 1.79 bits per heavy atom. The predicted molar refractivity (Wildman–Crippen MR) is 95.5 cm³/mol. The van der Waals surface area contributed by atoms with Crippen LogP contribution in [-0.4, -0.2) is 12.9 Å². The van der Waals surface area contributed by atoms with Crippen LogP contribution < -0.4 is 4.84 Å². The van der Waals surface area contributed by atoms with E-state index in [1.54, 1.807) is 24.4 Å². The molecule has 4 heteroatoms. The van der Waals surface area contributed by atoms with Gasteiger partial charge in [-0.1, -0.05) is 29.4 Å². The van der Waals surface area contributed by atoms with Crippen LogP contribution in [0.15, 0.2) is 47.6 Å². The molecule has 1 aliphatic rings. The van der Waals surface area contributed by atoms with E-state index in [0.717, 1.165) is 36.8 Å². The second-order valence-corrected chi connectivity index (χ2v) is 6.26. The van der Waals surface area contributed by atoms with Crippen molar-refractivity contribution in [1.82, 2.24) is 0 Å². The number of nitrogens with zero attached hydrogens (tertiary/aromatic N) is 1. The summed E-state index contributed by atoms with van der Waals surface area (Å²) in [5, 5.41) is 10.7. The lowest BCUT2D eigenvalue weighted by Crippen LogP contribution is -2.14. The molecular formula is C20H21FN2O. The van der Waals surface area contributed by atoms with Crippen molar-refractivity contribution in [3.63, 3.8) is 0 Å². The van der Waals surface area contributed by atoms with Gasteiger partial charge in [-0.05, 0) is 73.1 Å². The van der Waals surface area contributed by atoms with Crippen molar-refractivity contribution < 1.29 is 9.23 Å². The van der Waals surface area contributed by atoms with Crippen molar-refractivity contribution in [2.75, 3.05) is 0 Å². The van der Waals surface area contributed by atoms with E-state index in [0.29, 0.717) is 23.1 Å². The molecule has 0 aromatic heterocycles. The average Bonchev–Trinajstić information content (AvgIpc) is 2.63. The molecule has 0 heterocycles. The van der Waals surface area contributed by atoms with Gasteiger partial charge in [-0.15, -0.1) is 0 Å². The van der Waals surface area contributed by atoms with Gasteiger partial charge in [0.25, 0.3) is 0 Å². The first-order valence-corrected chi connectivity index (χ1v) is 8.24. The highest BCUT2D eigenvalue weighted by molar-refractivity contribution is 5.65. The molecule has 3 nitrogen and oxygen atoms in total. The van der Waals surface area contributed by atoms with Gasteiger partial charge < -0.3 is 10.2 Å². The minimum Gasteiger partial charge on any atom is -0.358 e. The Bertz CT molecular complexity index is 719. The van der Waals surface area contributed by atoms with Crippen LogP contribution in [0.2, 0.25) is 0 Å². The summed E-state index contributed by atoms with van der Waals surface area (Å²) in [5.74, 6) is 1.18. The standard InChI is InChI=1S/C20H21FN2O/c1-23-24-18-9-6-16(7-10-18)19-11-8-17(12-20(19)21)15-4-2-14(13-22)3-5-15/h6-15,22H,1-5H2. The molecule has 0 unspecified atom stereocenters. The number of rotatable bonds is 5. The molecule has 0 atom stereocenters. The summed E-state index contributed by atoms with van der Waals surface area (Å²) in [5.41, 5.74) is 2.46. The van der Waals surface area contributed by atoms with Crippen LogP contribution in [0.4, 0.5) is 4.39 Å². The van der Waals surface area contributed by atoms with Gasteiger partial charge in [0.1, 0.15) is 5.82 Å². The second-order valence-electron chi connectivity index (χ2n) is 6.26. The number of hydrogen-bond acceptors (Lipinski definition) is 3. The number of benzene rings is 2. The van der Waals surface area contributed by atoms with E-state index in [1.165, 1.54) is 0 Å². The third-order valence-corrected chi connectivity index (χ3v) is 4.81. The summed E-state index contributed by atoms with van der Waals surface area (Å²) >= 11 is 0. The highest BCUT2D eigenvalue weighted by atomic mass is 19.1. The van der Waals surface area contributed by atoms with Crippen molar-refractivity contribution in [3.8, 4) is 16.9 Å². The molecule has 2 aromatic rings. The number of hydrogen-bond donors (Lipinski definition) is 1. The van der Waals surface area contributed by atoms with Crippen LogP contribution in [0.5, 0.6) is 5.75 Å². The molecule has 0 bridgehead atoms. The molecule has 0 radical (unpaired) electrons. The molecule has 3 rings (SSSR count). The lowest BCUT2D eigenvalue weighted by Gasteiger charge is -2.26. The fourth-order valence-electron chi connectivity index (χ4n) is 3.41. The third kappa shape index (κ3) is 3.53. The van der Waals surface area contributed by atoms with Crippen LogP contribution in [0, 0.1) is 17.1 Å². The first kappa shape index (κ1) is 16.4. The van der Waals surface area contributed by atoms with E-state index >= 15 is 0 Å². The fraction of sp³-hybridized carbons (Fsp3) is 0.300. The Hall–Kier alpha value is -2.49. The quantitative estimate of drug-likeness (QED) is 0.580. The molecule has 124 valence electrons. The van der Waals surface area contributed by atoms with Crippen molar-refractivity contribution in [1.29, 1.82) is 5.41 Å². The van der Waals surface area contributed by atoms with Crippen molar-refractivity contribution in [3.05, 3.63) is 53.8 Å². The predicted octanol–water partition coefficient (Wildman–Crippen LogP) is 5.41. The van der Waals surface area contributed by atoms with Crippen LogP contribution in [0.3, 0.4) is 0 Å². The van der Waals surface area contributed by atoms with Crippen LogP contribution >= 0.6 is 0 Å². The van der Waals surface area contributed by atoms with Crippen molar-refractivity contribution in [2.45, 2.75) is 31.6 Å². The smallest absolute Gasteiger partial charge is 0.157 e. The summed E-state index contributed by atoms with van der Waals surface area (Å²) in [4.78, 5) is 4.95. The minimum absolute atomic E-state index is 0.197. The summed E-state index contributed by atoms with van der Waals surface area (Å²) in [6.07, 6.45) is 5.65. The largest absolute Gasteiger partial charge is 0.358 e. The first-order valence-electron chi connectivity index (χ1n) is 8.24. The highest BCUT2D eigenvalue weighted by Gasteiger charge is 2.22. The van der Waals surface area contributed by atoms with Gasteiger partial charge >= 0.3 is 0 Å². The Labute approximate surface area is 141 Å². The molecule has 1 saturated carbocycles. The average molecular weight is 324 g/mol. The van der Waals surface area contributed by atoms with E-state index in [9.17, 15) is 4.39 Å². The SMILES string of the molecule is C=NOc1ccc(-c2ccc(C3CCC(C=N)CC3)cc2F)cc1. The summed E-state index contributed by atoms with van der Waals surface area (Å²) in [6, 6.07) is 12.7. The van der Waals surface area contributed by atoms with Crippen LogP contribution in [0.1, 0.15) is 37.2 Å². The van der Waals surface area contributed by atoms with E-state index in [4.69, 9.17) is 10.2 Å². The molecule has 24 heavy (non-hydrogen) atoms. The van der Waals surface area contributed by atoms with E-state index in [1.807, 2.05) is 24.3 Å². The fourth-order valence-corrected chi connectivity index (χ4v) is 3.41. The molecule has 0 saturated heterocycles. The Morgan fingerprint density at radius 1 is 1.08 bits per heavy atom. The molecule has 0 aliphatic heterocycles. The second kappa shape index (κ2) is 7.39. The summed E-state index contributed by atoms with van der Waals surface area (Å²) in [7, 11) is 0. The third-order valence-electron chi connectivity index (χ3n) is 4.81. The molecule has 1 fully saturated rings. The highest BCUT2D eigenvalue weighted by Crippen LogP contribution is 2.36. The lowest BCUT2D eigenvalue weighted by atomic mass is 9.79. The zero-order valence-corrected chi connectivity index (χ0v) is 13.5. The van der Waals surface area contributed by atoms with E-state index in [2.05, 4.69) is 11.9 Å². The summed E-state index contributed by atoms with van der Waals surface area (Å²) < 4.78 is 14.6. The Balaban J connectivity index is 1.77. The number of halogens is 1. The van der Waals surface area contributed by atoms with E-state index < -0.39 is 0 Å². The maximum Gasteiger partial charge on any atom is 0.157 e. The van der Waals surface area contributed by atoms with E-state index in [-0.39, 0.29) is 5.82 Å². The molecule has 1 N–H and O–H groups in total. The molecule has 0 spiro atoms. The maximum atomic E-state index is 14.6. The maximum absolute atomic E-state index is 14.6. The first-order chi connectivity index (χ1) is 11.7. The molecular weight excluding hydrogens is 303 g/mol. The van der Waals surface area contributed by atoms with Gasteiger partial charge in [-0.3, -0.25) is 0 Å². The van der Waals surface area contributed by atoms with Crippen LogP contribution in [-0.2, 0) is 0 Å². The normalized spacial score (nSPS) is 20.4. The summed E-state index contributed by atoms with van der Waals surface area (Å²) in [6.45, 7) is 3.27. The molecule has 0 amide bonds.